The predicted molar refractivity (Wildman–Crippen MR) is 132 cm³/mol. The van der Waals surface area contributed by atoms with Gasteiger partial charge in [0.15, 0.2) is 5.76 Å². The number of hydrogen-bond donors (Lipinski definition) is 1. The average molecular weight is 467 g/mol. The first-order valence-electron chi connectivity index (χ1n) is 11.6. The molecule has 1 saturated carbocycles. The maximum atomic E-state index is 12.3. The Morgan fingerprint density at radius 3 is 2.60 bits per heavy atom. The highest BCUT2D eigenvalue weighted by molar-refractivity contribution is 5.68. The van der Waals surface area contributed by atoms with E-state index in [2.05, 4.69) is 33.7 Å². The molecule has 1 fully saturated rings. The van der Waals surface area contributed by atoms with E-state index < -0.39 is 5.54 Å². The van der Waals surface area contributed by atoms with Crippen LogP contribution in [0.1, 0.15) is 37.9 Å². The molecule has 176 valence electrons. The minimum Gasteiger partial charge on any atom is -0.354 e. The second kappa shape index (κ2) is 8.93. The van der Waals surface area contributed by atoms with Crippen LogP contribution >= 0.6 is 0 Å². The average Bonchev–Trinajstić information content (AvgIpc) is 3.57. The minimum absolute atomic E-state index is 0.255. The zero-order valence-corrected chi connectivity index (χ0v) is 19.9. The third-order valence-corrected chi connectivity index (χ3v) is 6.20. The van der Waals surface area contributed by atoms with E-state index in [0.717, 1.165) is 17.8 Å². The number of nitrogens with zero attached hydrogens (tertiary/aromatic N) is 5. The molecule has 35 heavy (non-hydrogen) atoms. The van der Waals surface area contributed by atoms with E-state index in [-0.39, 0.29) is 5.56 Å². The van der Waals surface area contributed by atoms with E-state index in [4.69, 9.17) is 9.51 Å². The van der Waals surface area contributed by atoms with Gasteiger partial charge in [0.25, 0.3) is 5.56 Å². The lowest BCUT2D eigenvalue weighted by atomic mass is 10.1. The molecule has 0 amide bonds. The fraction of sp³-hybridized carbons (Fsp3) is 0.296. The van der Waals surface area contributed by atoms with E-state index in [1.165, 1.54) is 29.0 Å². The highest BCUT2D eigenvalue weighted by Gasteiger charge is 2.22. The molecule has 0 radical (unpaired) electrons. The Morgan fingerprint density at radius 1 is 1.14 bits per heavy atom. The monoisotopic (exact) mass is 466 g/mol. The van der Waals surface area contributed by atoms with Crippen molar-refractivity contribution in [1.82, 2.24) is 25.0 Å². The molecule has 0 unspecified atom stereocenters. The third-order valence-electron chi connectivity index (χ3n) is 6.20. The Balaban J connectivity index is 1.43. The largest absolute Gasteiger partial charge is 0.354 e. The topological polar surface area (TPSA) is 110 Å². The van der Waals surface area contributed by atoms with E-state index in [1.54, 1.807) is 32.3 Å². The maximum Gasteiger partial charge on any atom is 0.251 e. The van der Waals surface area contributed by atoms with Crippen molar-refractivity contribution in [3.63, 3.8) is 0 Å². The molecule has 0 atom stereocenters. The summed E-state index contributed by atoms with van der Waals surface area (Å²) >= 11 is 0. The molecule has 4 aromatic rings. The first kappa shape index (κ1) is 22.7. The van der Waals surface area contributed by atoms with Crippen LogP contribution in [0.25, 0.3) is 34.0 Å². The summed E-state index contributed by atoms with van der Waals surface area (Å²) in [5, 5.41) is 17.2. The molecule has 3 heterocycles. The van der Waals surface area contributed by atoms with Crippen LogP contribution in [0, 0.1) is 18.3 Å². The molecule has 0 bridgehead atoms. The number of nitriles is 1. The highest BCUT2D eigenvalue weighted by Crippen LogP contribution is 2.29. The van der Waals surface area contributed by atoms with E-state index in [0.29, 0.717) is 34.4 Å². The normalized spacial score (nSPS) is 13.5. The van der Waals surface area contributed by atoms with Gasteiger partial charge >= 0.3 is 0 Å². The Bertz CT molecular complexity index is 1470. The van der Waals surface area contributed by atoms with Gasteiger partial charge in [0, 0.05) is 42.0 Å². The molecule has 8 nitrogen and oxygen atoms in total. The molecule has 1 aliphatic rings. The van der Waals surface area contributed by atoms with Crippen LogP contribution in [0.3, 0.4) is 0 Å². The van der Waals surface area contributed by atoms with Crippen LogP contribution < -0.4 is 10.9 Å². The second-order valence-corrected chi connectivity index (χ2v) is 9.41. The smallest absolute Gasteiger partial charge is 0.251 e. The lowest BCUT2D eigenvalue weighted by molar-refractivity contribution is 0.433. The Kier molecular flexibility index (Phi) is 5.79. The Labute approximate surface area is 203 Å². The van der Waals surface area contributed by atoms with Gasteiger partial charge in [-0.1, -0.05) is 29.4 Å². The minimum atomic E-state index is -0.989. The highest BCUT2D eigenvalue weighted by atomic mass is 16.5. The quantitative estimate of drug-likeness (QED) is 0.429. The van der Waals surface area contributed by atoms with Crippen molar-refractivity contribution >= 4 is 0 Å². The summed E-state index contributed by atoms with van der Waals surface area (Å²) in [5.74, 6) is 0.511. The second-order valence-electron chi connectivity index (χ2n) is 9.41. The molecule has 0 aliphatic heterocycles. The SMILES string of the molecule is Cc1ncc(-c2ccc(=O)n(C(C)(C)C#N)c2)nc1-c1cc(-c2ccc(CNC3CC3)cc2)no1. The molecule has 1 N–H and O–H groups in total. The number of hydrogen-bond acceptors (Lipinski definition) is 7. The summed E-state index contributed by atoms with van der Waals surface area (Å²) in [6.07, 6.45) is 5.82. The molecule has 5 rings (SSSR count). The Morgan fingerprint density at radius 2 is 1.89 bits per heavy atom. The lowest BCUT2D eigenvalue weighted by Gasteiger charge is -2.19. The van der Waals surface area contributed by atoms with Gasteiger partial charge in [-0.3, -0.25) is 14.3 Å². The van der Waals surface area contributed by atoms with Crippen LogP contribution in [-0.2, 0) is 12.1 Å². The Hall–Kier alpha value is -4.09. The molecule has 1 aromatic carbocycles. The summed E-state index contributed by atoms with van der Waals surface area (Å²) in [6, 6.07) is 16.1. The zero-order valence-electron chi connectivity index (χ0n) is 19.9. The molecule has 0 saturated heterocycles. The first-order valence-corrected chi connectivity index (χ1v) is 11.6. The van der Waals surface area contributed by atoms with Gasteiger partial charge in [-0.15, -0.1) is 0 Å². The molecule has 0 spiro atoms. The van der Waals surface area contributed by atoms with Gasteiger partial charge in [-0.25, -0.2) is 4.98 Å². The van der Waals surface area contributed by atoms with Crippen LogP contribution in [0.5, 0.6) is 0 Å². The first-order chi connectivity index (χ1) is 16.8. The predicted octanol–water partition coefficient (Wildman–Crippen LogP) is 4.45. The number of aromatic nitrogens is 4. The molecular weight excluding hydrogens is 440 g/mol. The summed E-state index contributed by atoms with van der Waals surface area (Å²) < 4.78 is 7.05. The molecule has 8 heteroatoms. The van der Waals surface area contributed by atoms with Crippen molar-refractivity contribution < 1.29 is 4.52 Å². The summed E-state index contributed by atoms with van der Waals surface area (Å²) in [5.41, 5.74) is 4.19. The van der Waals surface area contributed by atoms with Crippen molar-refractivity contribution in [2.75, 3.05) is 0 Å². The number of nitrogens with one attached hydrogen (secondary N) is 1. The van der Waals surface area contributed by atoms with Gasteiger partial charge in [-0.2, -0.15) is 5.26 Å². The zero-order chi connectivity index (χ0) is 24.6. The lowest BCUT2D eigenvalue weighted by Crippen LogP contribution is -2.34. The van der Waals surface area contributed by atoms with Crippen molar-refractivity contribution in [3.8, 4) is 40.0 Å². The van der Waals surface area contributed by atoms with E-state index in [9.17, 15) is 10.1 Å². The fourth-order valence-electron chi connectivity index (χ4n) is 3.82. The van der Waals surface area contributed by atoms with Crippen molar-refractivity contribution in [2.45, 2.75) is 51.7 Å². The summed E-state index contributed by atoms with van der Waals surface area (Å²) in [4.78, 5) is 21.6. The summed E-state index contributed by atoms with van der Waals surface area (Å²) in [7, 11) is 0. The van der Waals surface area contributed by atoms with Crippen LogP contribution in [0.15, 0.2) is 64.2 Å². The maximum absolute atomic E-state index is 12.3. The van der Waals surface area contributed by atoms with Crippen LogP contribution in [0.2, 0.25) is 0 Å². The van der Waals surface area contributed by atoms with Crippen molar-refractivity contribution in [1.29, 1.82) is 5.26 Å². The molecule has 3 aromatic heterocycles. The molecule has 1 aliphatic carbocycles. The summed E-state index contributed by atoms with van der Waals surface area (Å²) in [6.45, 7) is 6.11. The van der Waals surface area contributed by atoms with Crippen molar-refractivity contribution in [3.05, 3.63) is 76.5 Å². The third kappa shape index (κ3) is 4.77. The van der Waals surface area contributed by atoms with E-state index in [1.807, 2.05) is 25.1 Å². The van der Waals surface area contributed by atoms with E-state index >= 15 is 0 Å². The van der Waals surface area contributed by atoms with Gasteiger partial charge in [0.1, 0.15) is 16.9 Å². The van der Waals surface area contributed by atoms with Gasteiger partial charge in [-0.05, 0) is 45.2 Å². The van der Waals surface area contributed by atoms with Crippen LogP contribution in [0.4, 0.5) is 0 Å². The fourth-order valence-corrected chi connectivity index (χ4v) is 3.82. The number of benzene rings is 1. The van der Waals surface area contributed by atoms with Crippen LogP contribution in [-0.4, -0.2) is 25.7 Å². The molecular formula is C27H26N6O2. The number of pyridine rings is 1. The van der Waals surface area contributed by atoms with Gasteiger partial charge in [0.05, 0.1) is 23.7 Å². The standard InChI is InChI=1S/C27H26N6O2/c1-17-26(31-23(14-29-17)20-8-11-25(34)33(15-20)27(2,3)16-28)24-12-22(32-35-24)19-6-4-18(5-7-19)13-30-21-9-10-21/h4-8,11-12,14-15,21,30H,9-10,13H2,1-3H3. The van der Waals surface area contributed by atoms with Gasteiger partial charge < -0.3 is 9.84 Å². The number of rotatable bonds is 7. The van der Waals surface area contributed by atoms with Crippen molar-refractivity contribution in [2.24, 2.45) is 0 Å². The van der Waals surface area contributed by atoms with Gasteiger partial charge in [0.2, 0.25) is 0 Å². The number of aryl methyl sites for hydroxylation is 1.